The van der Waals surface area contributed by atoms with Gasteiger partial charge < -0.3 is 4.74 Å². The molecule has 0 unspecified atom stereocenters. The largest absolute Gasteiger partial charge is 0.490 e. The van der Waals surface area contributed by atoms with E-state index in [9.17, 15) is 21.6 Å². The standard InChI is InChI=1S/C25H30ClF3N2O3S/c26-24-11-22(4-3-18(24)16-31-5-1-2-6-31)34-23-7-17(8-23)15-30-35(32,33)25-10-20(13-28)19(12-27)9-21(25)14-29/h3-4,9-11,17,23,30H,1-2,5-8,12-16H2. The Labute approximate surface area is 209 Å². The fourth-order valence-electron chi connectivity index (χ4n) is 4.67. The predicted octanol–water partition coefficient (Wildman–Crippen LogP) is 5.48. The average molecular weight is 531 g/mol. The molecule has 10 heteroatoms. The Balaban J connectivity index is 1.29. The van der Waals surface area contributed by atoms with Gasteiger partial charge in [-0.25, -0.2) is 26.3 Å². The van der Waals surface area contributed by atoms with E-state index in [4.69, 9.17) is 16.3 Å². The molecule has 0 bridgehead atoms. The Morgan fingerprint density at radius 2 is 1.60 bits per heavy atom. The van der Waals surface area contributed by atoms with Crippen molar-refractivity contribution in [2.75, 3.05) is 19.6 Å². The molecule has 0 atom stereocenters. The van der Waals surface area contributed by atoms with Gasteiger partial charge in [0.2, 0.25) is 10.0 Å². The van der Waals surface area contributed by atoms with Crippen LogP contribution < -0.4 is 9.46 Å². The van der Waals surface area contributed by atoms with E-state index >= 15 is 0 Å². The monoisotopic (exact) mass is 530 g/mol. The van der Waals surface area contributed by atoms with Crippen molar-refractivity contribution in [1.29, 1.82) is 0 Å². The van der Waals surface area contributed by atoms with E-state index in [0.29, 0.717) is 23.6 Å². The van der Waals surface area contributed by atoms with Gasteiger partial charge in [-0.05, 0) is 85.6 Å². The lowest BCUT2D eigenvalue weighted by atomic mass is 9.82. The van der Waals surface area contributed by atoms with Crippen molar-refractivity contribution < 1.29 is 26.3 Å². The number of benzene rings is 2. The molecule has 0 aromatic heterocycles. The van der Waals surface area contributed by atoms with E-state index in [0.717, 1.165) is 37.3 Å². The minimum Gasteiger partial charge on any atom is -0.490 e. The highest BCUT2D eigenvalue weighted by Gasteiger charge is 2.32. The summed E-state index contributed by atoms with van der Waals surface area (Å²) in [5.74, 6) is 0.739. The van der Waals surface area contributed by atoms with Crippen LogP contribution in [0.3, 0.4) is 0 Å². The molecule has 1 saturated carbocycles. The van der Waals surface area contributed by atoms with Gasteiger partial charge in [0.15, 0.2) is 0 Å². The molecular weight excluding hydrogens is 501 g/mol. The first kappa shape index (κ1) is 26.3. The Morgan fingerprint density at radius 3 is 2.23 bits per heavy atom. The molecule has 1 aliphatic heterocycles. The molecule has 2 aromatic rings. The number of halogens is 4. The Bertz CT molecular complexity index is 1140. The second-order valence-corrected chi connectivity index (χ2v) is 11.4. The summed E-state index contributed by atoms with van der Waals surface area (Å²) in [6.45, 7) is 0.0642. The first-order valence-electron chi connectivity index (χ1n) is 11.8. The summed E-state index contributed by atoms with van der Waals surface area (Å²) < 4.78 is 73.7. The van der Waals surface area contributed by atoms with Crippen molar-refractivity contribution in [3.8, 4) is 5.75 Å². The van der Waals surface area contributed by atoms with Crippen LogP contribution in [0.15, 0.2) is 35.2 Å². The van der Waals surface area contributed by atoms with Crippen molar-refractivity contribution in [2.24, 2.45) is 5.92 Å². The summed E-state index contributed by atoms with van der Waals surface area (Å²) in [5, 5.41) is 0.674. The van der Waals surface area contributed by atoms with Crippen LogP contribution in [-0.4, -0.2) is 39.1 Å². The van der Waals surface area contributed by atoms with Crippen LogP contribution in [0.1, 0.15) is 47.9 Å². The molecule has 2 aromatic carbocycles. The third-order valence-electron chi connectivity index (χ3n) is 6.78. The van der Waals surface area contributed by atoms with E-state index in [1.165, 1.54) is 12.8 Å². The summed E-state index contributed by atoms with van der Waals surface area (Å²) in [4.78, 5) is 2.03. The van der Waals surface area contributed by atoms with Gasteiger partial charge >= 0.3 is 0 Å². The van der Waals surface area contributed by atoms with E-state index in [-0.39, 0.29) is 40.2 Å². The van der Waals surface area contributed by atoms with Gasteiger partial charge in [-0.2, -0.15) is 0 Å². The molecule has 192 valence electrons. The molecule has 0 amide bonds. The molecule has 1 N–H and O–H groups in total. The predicted molar refractivity (Wildman–Crippen MR) is 129 cm³/mol. The molecule has 1 saturated heterocycles. The first-order chi connectivity index (χ1) is 16.8. The van der Waals surface area contributed by atoms with Gasteiger partial charge in [0.1, 0.15) is 25.8 Å². The lowest BCUT2D eigenvalue weighted by Crippen LogP contribution is -2.41. The van der Waals surface area contributed by atoms with E-state index in [2.05, 4.69) is 9.62 Å². The topological polar surface area (TPSA) is 58.6 Å². The molecular formula is C25H30ClF3N2O3S. The quantitative estimate of drug-likeness (QED) is 0.418. The minimum absolute atomic E-state index is 0.0396. The smallest absolute Gasteiger partial charge is 0.240 e. The second kappa shape index (κ2) is 11.5. The van der Waals surface area contributed by atoms with Gasteiger partial charge in [0, 0.05) is 23.7 Å². The van der Waals surface area contributed by atoms with Crippen LogP contribution in [0.5, 0.6) is 5.75 Å². The lowest BCUT2D eigenvalue weighted by molar-refractivity contribution is 0.0673. The average Bonchev–Trinajstić information content (AvgIpc) is 3.34. The maximum Gasteiger partial charge on any atom is 0.240 e. The number of likely N-dealkylation sites (tertiary alicyclic amines) is 1. The number of alkyl halides is 3. The maximum atomic E-state index is 13.4. The lowest BCUT2D eigenvalue weighted by Gasteiger charge is -2.35. The van der Waals surface area contributed by atoms with Gasteiger partial charge in [-0.15, -0.1) is 0 Å². The summed E-state index contributed by atoms with van der Waals surface area (Å²) in [5.41, 5.74) is 0.765. The third-order valence-corrected chi connectivity index (χ3v) is 8.64. The summed E-state index contributed by atoms with van der Waals surface area (Å²) in [7, 11) is -4.07. The number of hydrogen-bond acceptors (Lipinski definition) is 4. The maximum absolute atomic E-state index is 13.4. The Kier molecular flexibility index (Phi) is 8.63. The molecule has 2 fully saturated rings. The number of nitrogens with one attached hydrogen (secondary N) is 1. The zero-order valence-corrected chi connectivity index (χ0v) is 21.0. The van der Waals surface area contributed by atoms with E-state index in [1.807, 2.05) is 18.2 Å². The summed E-state index contributed by atoms with van der Waals surface area (Å²) >= 11 is 6.45. The molecule has 1 heterocycles. The van der Waals surface area contributed by atoms with Crippen molar-refractivity contribution >= 4 is 21.6 Å². The van der Waals surface area contributed by atoms with Crippen molar-refractivity contribution in [3.63, 3.8) is 0 Å². The van der Waals surface area contributed by atoms with E-state index < -0.39 is 30.0 Å². The molecule has 5 nitrogen and oxygen atoms in total. The van der Waals surface area contributed by atoms with Gasteiger partial charge in [-0.3, -0.25) is 4.90 Å². The van der Waals surface area contributed by atoms with Gasteiger partial charge in [0.05, 0.1) is 11.0 Å². The molecule has 2 aliphatic rings. The van der Waals surface area contributed by atoms with Crippen LogP contribution in [0.2, 0.25) is 5.02 Å². The number of rotatable bonds is 11. The molecule has 35 heavy (non-hydrogen) atoms. The molecule has 4 rings (SSSR count). The SMILES string of the molecule is O=S(=O)(NCC1CC(Oc2ccc(CN3CCCC3)c(Cl)c2)C1)c1cc(CF)c(CF)cc1CF. The van der Waals surface area contributed by atoms with Gasteiger partial charge in [0.25, 0.3) is 0 Å². The minimum atomic E-state index is -4.07. The van der Waals surface area contributed by atoms with Crippen LogP contribution in [0, 0.1) is 5.92 Å². The Morgan fingerprint density at radius 1 is 0.943 bits per heavy atom. The van der Waals surface area contributed by atoms with Crippen molar-refractivity contribution in [2.45, 2.75) is 63.3 Å². The highest BCUT2D eigenvalue weighted by atomic mass is 35.5. The highest BCUT2D eigenvalue weighted by molar-refractivity contribution is 7.89. The van der Waals surface area contributed by atoms with Crippen molar-refractivity contribution in [3.05, 3.63) is 57.6 Å². The number of nitrogens with zero attached hydrogens (tertiary/aromatic N) is 1. The number of ether oxygens (including phenoxy) is 1. The molecule has 0 radical (unpaired) electrons. The zero-order valence-electron chi connectivity index (χ0n) is 19.4. The van der Waals surface area contributed by atoms with Crippen LogP contribution in [0.25, 0.3) is 0 Å². The van der Waals surface area contributed by atoms with Crippen LogP contribution >= 0.6 is 11.6 Å². The summed E-state index contributed by atoms with van der Waals surface area (Å²) in [6, 6.07) is 7.83. The highest BCUT2D eigenvalue weighted by Crippen LogP contribution is 2.33. The Hall–Kier alpha value is -1.81. The fourth-order valence-corrected chi connectivity index (χ4v) is 6.26. The van der Waals surface area contributed by atoms with E-state index in [1.54, 1.807) is 0 Å². The van der Waals surface area contributed by atoms with Crippen LogP contribution in [0.4, 0.5) is 13.2 Å². The zero-order chi connectivity index (χ0) is 25.0. The fraction of sp³-hybridized carbons (Fsp3) is 0.520. The van der Waals surface area contributed by atoms with Crippen LogP contribution in [-0.2, 0) is 36.6 Å². The molecule has 0 spiro atoms. The first-order valence-corrected chi connectivity index (χ1v) is 13.7. The third kappa shape index (κ3) is 6.31. The second-order valence-electron chi connectivity index (χ2n) is 9.30. The van der Waals surface area contributed by atoms with Gasteiger partial charge in [-0.1, -0.05) is 17.7 Å². The number of sulfonamides is 1. The normalized spacial score (nSPS) is 20.7. The van der Waals surface area contributed by atoms with Crippen molar-refractivity contribution in [1.82, 2.24) is 9.62 Å². The molecule has 1 aliphatic carbocycles. The number of hydrogen-bond donors (Lipinski definition) is 1. The summed E-state index contributed by atoms with van der Waals surface area (Å²) in [6.07, 6.45) is 3.70.